The summed E-state index contributed by atoms with van der Waals surface area (Å²) in [6, 6.07) is 14.0. The number of aromatic nitrogens is 5. The van der Waals surface area contributed by atoms with Crippen LogP contribution in [0.25, 0.3) is 5.65 Å². The summed E-state index contributed by atoms with van der Waals surface area (Å²) in [7, 11) is 0. The number of halogens is 2. The maximum absolute atomic E-state index is 14.2. The Morgan fingerprint density at radius 1 is 0.949 bits per heavy atom. The summed E-state index contributed by atoms with van der Waals surface area (Å²) in [6.45, 7) is 4.25. The Kier molecular flexibility index (Phi) is 12.0. The molecule has 2 fully saturated rings. The second-order valence-corrected chi connectivity index (χ2v) is 15.1. The number of Topliss-reactive ketones (excluding diaryl/α,β-unsaturated/α-hetero) is 1. The van der Waals surface area contributed by atoms with Crippen molar-refractivity contribution in [1.29, 1.82) is 0 Å². The van der Waals surface area contributed by atoms with Gasteiger partial charge in [0.25, 0.3) is 29.9 Å². The molecular formula is C42H45F2N9O6. The fourth-order valence-electron chi connectivity index (χ4n) is 8.00. The van der Waals surface area contributed by atoms with Gasteiger partial charge in [0.05, 0.1) is 36.7 Å². The van der Waals surface area contributed by atoms with Gasteiger partial charge in [0.15, 0.2) is 11.3 Å². The maximum atomic E-state index is 14.2. The summed E-state index contributed by atoms with van der Waals surface area (Å²) < 4.78 is 43.0. The van der Waals surface area contributed by atoms with Crippen LogP contribution in [0.4, 0.5) is 20.3 Å². The minimum atomic E-state index is -2.86. The molecule has 8 rings (SSSR count). The molecule has 0 unspecified atom stereocenters. The Hall–Kier alpha value is -6.07. The van der Waals surface area contributed by atoms with Gasteiger partial charge in [-0.2, -0.15) is 10.2 Å². The molecule has 3 amide bonds. The molecule has 2 aliphatic heterocycles. The fourth-order valence-corrected chi connectivity index (χ4v) is 8.00. The number of ketones is 1. The van der Waals surface area contributed by atoms with Crippen molar-refractivity contribution in [3.63, 3.8) is 0 Å². The van der Waals surface area contributed by atoms with E-state index in [1.165, 1.54) is 23.0 Å². The zero-order chi connectivity index (χ0) is 40.9. The van der Waals surface area contributed by atoms with Crippen LogP contribution in [0.1, 0.15) is 99.7 Å². The smallest absolute Gasteiger partial charge is 0.299 e. The number of imide groups is 1. The van der Waals surface area contributed by atoms with Gasteiger partial charge in [-0.1, -0.05) is 30.7 Å². The Labute approximate surface area is 338 Å². The molecule has 3 aromatic heterocycles. The number of hydrogen-bond acceptors (Lipinski definition) is 11. The predicted octanol–water partition coefficient (Wildman–Crippen LogP) is 5.93. The number of morpholine rings is 1. The van der Waals surface area contributed by atoms with E-state index in [1.807, 2.05) is 30.3 Å². The average molecular weight is 810 g/mol. The van der Waals surface area contributed by atoms with Crippen molar-refractivity contribution in [1.82, 2.24) is 35.0 Å². The predicted molar refractivity (Wildman–Crippen MR) is 212 cm³/mol. The molecule has 0 atom stereocenters. The van der Waals surface area contributed by atoms with E-state index < -0.39 is 35.6 Å². The topological polar surface area (TPSA) is 174 Å². The molecule has 308 valence electrons. The first-order valence-electron chi connectivity index (χ1n) is 20.1. The summed E-state index contributed by atoms with van der Waals surface area (Å²) in [4.78, 5) is 56.8. The van der Waals surface area contributed by atoms with Gasteiger partial charge >= 0.3 is 0 Å². The van der Waals surface area contributed by atoms with Crippen LogP contribution in [0.15, 0.2) is 67.1 Å². The zero-order valence-corrected chi connectivity index (χ0v) is 32.4. The van der Waals surface area contributed by atoms with Crippen molar-refractivity contribution in [3.05, 3.63) is 95.1 Å². The number of nitrogens with one attached hydrogen (secondary N) is 3. The second-order valence-electron chi connectivity index (χ2n) is 15.1. The number of nitrogens with zero attached hydrogens (tertiary/aromatic N) is 6. The number of amides is 3. The van der Waals surface area contributed by atoms with Gasteiger partial charge in [0.2, 0.25) is 0 Å². The van der Waals surface area contributed by atoms with E-state index in [9.17, 15) is 28.0 Å². The van der Waals surface area contributed by atoms with Crippen molar-refractivity contribution in [3.8, 4) is 11.5 Å². The number of carbonyl (C=O) groups excluding carboxylic acids is 4. The first kappa shape index (κ1) is 39.7. The van der Waals surface area contributed by atoms with Crippen LogP contribution in [0.5, 0.6) is 11.5 Å². The quantitative estimate of drug-likeness (QED) is 0.0650. The van der Waals surface area contributed by atoms with E-state index in [0.717, 1.165) is 70.0 Å². The van der Waals surface area contributed by atoms with Crippen LogP contribution in [-0.4, -0.2) is 87.3 Å². The number of aryl methyl sites for hydroxylation is 1. The molecule has 1 aliphatic carbocycles. The van der Waals surface area contributed by atoms with Gasteiger partial charge in [0.1, 0.15) is 22.9 Å². The third-order valence-electron chi connectivity index (χ3n) is 11.2. The Balaban J connectivity index is 0.780. The molecule has 0 bridgehead atoms. The lowest BCUT2D eigenvalue weighted by Gasteiger charge is -2.29. The van der Waals surface area contributed by atoms with E-state index in [-0.39, 0.29) is 34.2 Å². The largest absolute Gasteiger partial charge is 0.456 e. The minimum absolute atomic E-state index is 0.0197. The molecule has 0 spiro atoms. The molecule has 1 saturated heterocycles. The Bertz CT molecular complexity index is 2350. The number of fused-ring (bicyclic) bond motifs is 2. The van der Waals surface area contributed by atoms with Crippen LogP contribution in [0.3, 0.4) is 0 Å². The van der Waals surface area contributed by atoms with Crippen LogP contribution in [-0.2, 0) is 16.0 Å². The van der Waals surface area contributed by atoms with Gasteiger partial charge in [-0.05, 0) is 93.8 Å². The van der Waals surface area contributed by atoms with E-state index in [2.05, 4.69) is 36.0 Å². The highest BCUT2D eigenvalue weighted by atomic mass is 19.3. The zero-order valence-electron chi connectivity index (χ0n) is 32.4. The second kappa shape index (κ2) is 17.8. The molecule has 5 aromatic rings. The molecule has 5 heterocycles. The van der Waals surface area contributed by atoms with E-state index in [4.69, 9.17) is 9.47 Å². The number of benzene rings is 2. The summed E-state index contributed by atoms with van der Waals surface area (Å²) in [5, 5.41) is 16.8. The number of unbranched alkanes of at least 4 members (excludes halogenated alkanes) is 2. The van der Waals surface area contributed by atoms with E-state index in [0.29, 0.717) is 49.4 Å². The molecule has 3 N–H and O–H groups in total. The van der Waals surface area contributed by atoms with Crippen molar-refractivity contribution in [2.75, 3.05) is 49.6 Å². The van der Waals surface area contributed by atoms with E-state index >= 15 is 0 Å². The van der Waals surface area contributed by atoms with Crippen molar-refractivity contribution < 1.29 is 37.4 Å². The van der Waals surface area contributed by atoms with Gasteiger partial charge in [-0.15, -0.1) is 0 Å². The highest BCUT2D eigenvalue weighted by Gasteiger charge is 2.33. The molecule has 15 nitrogen and oxygen atoms in total. The molecule has 17 heteroatoms. The van der Waals surface area contributed by atoms with Gasteiger partial charge in [-0.3, -0.25) is 29.2 Å². The maximum Gasteiger partial charge on any atom is 0.299 e. The van der Waals surface area contributed by atoms with Crippen molar-refractivity contribution in [2.24, 2.45) is 5.92 Å². The number of ether oxygens (including phenoxy) is 2. The molecule has 0 radical (unpaired) electrons. The van der Waals surface area contributed by atoms with Crippen molar-refractivity contribution in [2.45, 2.75) is 63.8 Å². The van der Waals surface area contributed by atoms with Crippen LogP contribution < -0.4 is 25.6 Å². The number of rotatable bonds is 15. The van der Waals surface area contributed by atoms with Gasteiger partial charge < -0.3 is 25.0 Å². The first-order valence-corrected chi connectivity index (χ1v) is 20.1. The number of carbonyl (C=O) groups is 4. The number of alkyl halides is 2. The lowest BCUT2D eigenvalue weighted by molar-refractivity contribution is -0.116. The lowest BCUT2D eigenvalue weighted by atomic mass is 9.86. The Morgan fingerprint density at radius 2 is 1.75 bits per heavy atom. The van der Waals surface area contributed by atoms with E-state index in [1.54, 1.807) is 23.0 Å². The highest BCUT2D eigenvalue weighted by molar-refractivity contribution is 6.49. The third-order valence-corrected chi connectivity index (χ3v) is 11.2. The number of para-hydroxylation sites is 1. The number of anilines is 2. The standard InChI is InChI=1S/C42H45F2N9O6/c43-38(44)36-31(47-40(55)30-24-46-52-18-16-34(48-39(30)52)51-19-21-58-22-20-51)25-53(50-36)28-14-12-26(13-15-28)23-45-17-5-1-2-7-27-8-3-4-10-32(27)59-33-11-6-9-29-35(33)41(56)49-42(57)37(29)54/h3-4,6,8-11,16,18,24-26,28,38,45H,1-2,5,7,12-15,17,19-23H2,(H,47,55)(H,49,56,57). The molecule has 2 aromatic carbocycles. The third kappa shape index (κ3) is 8.85. The van der Waals surface area contributed by atoms with Crippen LogP contribution in [0.2, 0.25) is 0 Å². The average Bonchev–Trinajstić information content (AvgIpc) is 3.88. The fraction of sp³-hybridized carbons (Fsp3) is 0.405. The molecular weight excluding hydrogens is 765 g/mol. The Morgan fingerprint density at radius 3 is 2.56 bits per heavy atom. The normalized spacial score (nSPS) is 18.3. The molecule has 3 aliphatic rings. The summed E-state index contributed by atoms with van der Waals surface area (Å²) in [5.41, 5.74) is 1.09. The lowest BCUT2D eigenvalue weighted by Crippen LogP contribution is -2.42. The summed E-state index contributed by atoms with van der Waals surface area (Å²) in [6.07, 6.45) is 8.86. The monoisotopic (exact) mass is 809 g/mol. The van der Waals surface area contributed by atoms with Gasteiger partial charge in [0, 0.05) is 31.0 Å². The first-order chi connectivity index (χ1) is 28.7. The molecule has 59 heavy (non-hydrogen) atoms. The summed E-state index contributed by atoms with van der Waals surface area (Å²) >= 11 is 0. The minimum Gasteiger partial charge on any atom is -0.456 e. The highest BCUT2D eigenvalue weighted by Crippen LogP contribution is 2.36. The van der Waals surface area contributed by atoms with Crippen LogP contribution >= 0.6 is 0 Å². The number of hydrogen-bond donors (Lipinski definition) is 3. The molecule has 1 saturated carbocycles. The van der Waals surface area contributed by atoms with Crippen molar-refractivity contribution >= 4 is 40.7 Å². The van der Waals surface area contributed by atoms with Crippen LogP contribution in [0, 0.1) is 5.92 Å². The van der Waals surface area contributed by atoms with Gasteiger partial charge in [-0.25, -0.2) is 18.3 Å². The summed E-state index contributed by atoms with van der Waals surface area (Å²) in [5.74, 6) is -0.995. The SMILES string of the molecule is O=C1NC(=O)c2c(Oc3ccccc3CCCCCNCC3CCC(n4cc(NC(=O)c5cnn6ccc(N7CCOCC7)nc56)c(C(F)F)n4)CC3)cccc2C1=O.